The van der Waals surface area contributed by atoms with E-state index in [1.54, 1.807) is 12.1 Å². The SMILES string of the molecule is CCc1ccccc1Nc1ccc(C#N)cc1F. The Morgan fingerprint density at radius 2 is 1.94 bits per heavy atom. The van der Waals surface area contributed by atoms with Gasteiger partial charge >= 0.3 is 0 Å². The maximum Gasteiger partial charge on any atom is 0.147 e. The molecule has 2 rings (SSSR count). The van der Waals surface area contributed by atoms with Gasteiger partial charge in [0.25, 0.3) is 0 Å². The predicted octanol–water partition coefficient (Wildman–Crippen LogP) is 4.00. The third-order valence-corrected chi connectivity index (χ3v) is 2.77. The highest BCUT2D eigenvalue weighted by atomic mass is 19.1. The van der Waals surface area contributed by atoms with E-state index in [2.05, 4.69) is 12.2 Å². The van der Waals surface area contributed by atoms with E-state index in [9.17, 15) is 4.39 Å². The molecule has 0 aliphatic rings. The highest BCUT2D eigenvalue weighted by Gasteiger charge is 2.05. The molecule has 0 fully saturated rings. The molecule has 0 saturated heterocycles. The molecule has 0 bridgehead atoms. The third-order valence-electron chi connectivity index (χ3n) is 2.77. The fraction of sp³-hybridized carbons (Fsp3) is 0.133. The van der Waals surface area contributed by atoms with Crippen LogP contribution >= 0.6 is 0 Å². The number of para-hydroxylation sites is 1. The van der Waals surface area contributed by atoms with Gasteiger partial charge in [-0.25, -0.2) is 4.39 Å². The molecule has 1 N–H and O–H groups in total. The van der Waals surface area contributed by atoms with Gasteiger partial charge in [0.2, 0.25) is 0 Å². The van der Waals surface area contributed by atoms with Gasteiger partial charge in [-0.15, -0.1) is 0 Å². The maximum absolute atomic E-state index is 13.7. The van der Waals surface area contributed by atoms with Crippen molar-refractivity contribution in [2.24, 2.45) is 0 Å². The lowest BCUT2D eigenvalue weighted by Crippen LogP contribution is -1.97. The molecule has 0 heterocycles. The zero-order chi connectivity index (χ0) is 13.0. The van der Waals surface area contributed by atoms with Gasteiger partial charge in [-0.3, -0.25) is 0 Å². The first-order chi connectivity index (χ1) is 8.74. The molecular weight excluding hydrogens is 227 g/mol. The van der Waals surface area contributed by atoms with Crippen LogP contribution in [-0.2, 0) is 6.42 Å². The van der Waals surface area contributed by atoms with Gasteiger partial charge in [-0.2, -0.15) is 5.26 Å². The molecule has 90 valence electrons. The van der Waals surface area contributed by atoms with Crippen molar-refractivity contribution in [1.29, 1.82) is 5.26 Å². The summed E-state index contributed by atoms with van der Waals surface area (Å²) in [5.41, 5.74) is 2.72. The van der Waals surface area contributed by atoms with E-state index in [-0.39, 0.29) is 0 Å². The number of hydrogen-bond acceptors (Lipinski definition) is 2. The monoisotopic (exact) mass is 240 g/mol. The van der Waals surface area contributed by atoms with E-state index in [1.807, 2.05) is 30.3 Å². The van der Waals surface area contributed by atoms with Crippen LogP contribution < -0.4 is 5.32 Å². The first kappa shape index (κ1) is 12.1. The lowest BCUT2D eigenvalue weighted by molar-refractivity contribution is 0.631. The van der Waals surface area contributed by atoms with Crippen LogP contribution in [0, 0.1) is 17.1 Å². The molecule has 0 spiro atoms. The highest BCUT2D eigenvalue weighted by molar-refractivity contribution is 5.64. The maximum atomic E-state index is 13.7. The quantitative estimate of drug-likeness (QED) is 0.880. The Balaban J connectivity index is 2.32. The summed E-state index contributed by atoms with van der Waals surface area (Å²) in [4.78, 5) is 0. The Bertz CT molecular complexity index is 600. The highest BCUT2D eigenvalue weighted by Crippen LogP contribution is 2.23. The Labute approximate surface area is 106 Å². The molecule has 2 aromatic carbocycles. The molecule has 0 radical (unpaired) electrons. The number of nitriles is 1. The molecule has 3 heteroatoms. The van der Waals surface area contributed by atoms with Crippen LogP contribution in [0.25, 0.3) is 0 Å². The number of nitrogens with one attached hydrogen (secondary N) is 1. The Morgan fingerprint density at radius 1 is 1.17 bits per heavy atom. The lowest BCUT2D eigenvalue weighted by atomic mass is 10.1. The molecule has 0 aromatic heterocycles. The Morgan fingerprint density at radius 3 is 2.61 bits per heavy atom. The van der Waals surface area contributed by atoms with Crippen LogP contribution in [0.3, 0.4) is 0 Å². The van der Waals surface area contributed by atoms with Crippen LogP contribution in [0.2, 0.25) is 0 Å². The predicted molar refractivity (Wildman–Crippen MR) is 70.2 cm³/mol. The van der Waals surface area contributed by atoms with Gasteiger partial charge in [0, 0.05) is 5.69 Å². The van der Waals surface area contributed by atoms with Crippen LogP contribution in [0.1, 0.15) is 18.1 Å². The van der Waals surface area contributed by atoms with Crippen LogP contribution in [0.5, 0.6) is 0 Å². The van der Waals surface area contributed by atoms with Crippen molar-refractivity contribution in [2.75, 3.05) is 5.32 Å². The summed E-state index contributed by atoms with van der Waals surface area (Å²) < 4.78 is 13.7. The molecule has 0 aliphatic carbocycles. The summed E-state index contributed by atoms with van der Waals surface area (Å²) in [5, 5.41) is 11.7. The van der Waals surface area contributed by atoms with E-state index in [1.165, 1.54) is 6.07 Å². The minimum absolute atomic E-state index is 0.321. The molecule has 0 saturated carbocycles. The summed E-state index contributed by atoms with van der Waals surface area (Å²) in [6.45, 7) is 2.05. The van der Waals surface area contributed by atoms with Gasteiger partial charge in [-0.1, -0.05) is 25.1 Å². The van der Waals surface area contributed by atoms with Crippen molar-refractivity contribution in [3.8, 4) is 6.07 Å². The summed E-state index contributed by atoms with van der Waals surface area (Å²) in [6.07, 6.45) is 0.876. The molecule has 18 heavy (non-hydrogen) atoms. The van der Waals surface area contributed by atoms with E-state index in [4.69, 9.17) is 5.26 Å². The van der Waals surface area contributed by atoms with E-state index >= 15 is 0 Å². The molecule has 0 atom stereocenters. The molecular formula is C15H13FN2. The topological polar surface area (TPSA) is 35.8 Å². The fourth-order valence-electron chi connectivity index (χ4n) is 1.78. The second-order valence-corrected chi connectivity index (χ2v) is 3.94. The number of benzene rings is 2. The molecule has 0 amide bonds. The van der Waals surface area contributed by atoms with Gasteiger partial charge in [-0.05, 0) is 36.2 Å². The first-order valence-electron chi connectivity index (χ1n) is 5.79. The summed E-state index contributed by atoms with van der Waals surface area (Å²) in [6, 6.07) is 14.1. The zero-order valence-electron chi connectivity index (χ0n) is 10.1. The fourth-order valence-corrected chi connectivity index (χ4v) is 1.78. The van der Waals surface area contributed by atoms with Gasteiger partial charge < -0.3 is 5.32 Å². The number of anilines is 2. The number of rotatable bonds is 3. The van der Waals surface area contributed by atoms with Gasteiger partial charge in [0.15, 0.2) is 0 Å². The van der Waals surface area contributed by atoms with E-state index < -0.39 is 5.82 Å². The lowest BCUT2D eigenvalue weighted by Gasteiger charge is -2.11. The van der Waals surface area contributed by atoms with E-state index in [0.29, 0.717) is 11.3 Å². The van der Waals surface area contributed by atoms with Crippen molar-refractivity contribution >= 4 is 11.4 Å². The van der Waals surface area contributed by atoms with Crippen molar-refractivity contribution in [1.82, 2.24) is 0 Å². The van der Waals surface area contributed by atoms with Gasteiger partial charge in [0.1, 0.15) is 5.82 Å². The molecule has 0 unspecified atom stereocenters. The van der Waals surface area contributed by atoms with Gasteiger partial charge in [0.05, 0.1) is 17.3 Å². The Kier molecular flexibility index (Phi) is 3.59. The van der Waals surface area contributed by atoms with Crippen molar-refractivity contribution in [3.63, 3.8) is 0 Å². The van der Waals surface area contributed by atoms with Crippen molar-refractivity contribution in [3.05, 3.63) is 59.4 Å². The minimum atomic E-state index is -0.417. The average molecular weight is 240 g/mol. The number of aryl methyl sites for hydroxylation is 1. The first-order valence-corrected chi connectivity index (χ1v) is 5.79. The van der Waals surface area contributed by atoms with Crippen molar-refractivity contribution in [2.45, 2.75) is 13.3 Å². The number of nitrogens with zero attached hydrogens (tertiary/aromatic N) is 1. The summed E-state index contributed by atoms with van der Waals surface area (Å²) in [7, 11) is 0. The zero-order valence-corrected chi connectivity index (χ0v) is 10.1. The Hall–Kier alpha value is -2.34. The molecule has 0 aliphatic heterocycles. The molecule has 2 aromatic rings. The van der Waals surface area contributed by atoms with E-state index in [0.717, 1.165) is 17.7 Å². The summed E-state index contributed by atoms with van der Waals surface area (Å²) >= 11 is 0. The van der Waals surface area contributed by atoms with Crippen LogP contribution in [-0.4, -0.2) is 0 Å². The normalized spacial score (nSPS) is 9.83. The summed E-state index contributed by atoms with van der Waals surface area (Å²) in [5.74, 6) is -0.417. The van der Waals surface area contributed by atoms with Crippen LogP contribution in [0.4, 0.5) is 15.8 Å². The second-order valence-electron chi connectivity index (χ2n) is 3.94. The number of hydrogen-bond donors (Lipinski definition) is 1. The minimum Gasteiger partial charge on any atom is -0.353 e. The largest absolute Gasteiger partial charge is 0.353 e. The smallest absolute Gasteiger partial charge is 0.147 e. The second kappa shape index (κ2) is 5.33. The van der Waals surface area contributed by atoms with Crippen molar-refractivity contribution < 1.29 is 4.39 Å². The average Bonchev–Trinajstić information content (AvgIpc) is 2.41. The number of halogens is 1. The van der Waals surface area contributed by atoms with Crippen LogP contribution in [0.15, 0.2) is 42.5 Å². The standard InChI is InChI=1S/C15H13FN2/c1-2-12-5-3-4-6-14(12)18-15-8-7-11(10-17)9-13(15)16/h3-9,18H,2H2,1H3. The third kappa shape index (κ3) is 2.49. The molecule has 2 nitrogen and oxygen atoms in total.